The van der Waals surface area contributed by atoms with Crippen molar-refractivity contribution in [1.29, 1.82) is 0 Å². The highest BCUT2D eigenvalue weighted by Crippen LogP contribution is 2.28. The van der Waals surface area contributed by atoms with Gasteiger partial charge in [0, 0.05) is 24.5 Å². The Kier molecular flexibility index (Phi) is 4.36. The molecule has 2 nitrogen and oxygen atoms in total. The number of benzene rings is 2. The number of hydrogen-bond acceptors (Lipinski definition) is 1. The summed E-state index contributed by atoms with van der Waals surface area (Å²) in [6.45, 7) is 5.72. The highest BCUT2D eigenvalue weighted by molar-refractivity contribution is 5.75. The molecule has 0 heterocycles. The Morgan fingerprint density at radius 2 is 1.60 bits per heavy atom. The molecule has 0 unspecified atom stereocenters. The molecule has 0 amide bonds. The summed E-state index contributed by atoms with van der Waals surface area (Å²) >= 11 is 0. The first-order valence-corrected chi connectivity index (χ1v) is 6.69. The third-order valence-corrected chi connectivity index (χ3v) is 3.49. The molecule has 0 radical (unpaired) electrons. The highest BCUT2D eigenvalue weighted by atomic mass is 16.5. The van der Waals surface area contributed by atoms with Crippen LogP contribution in [0.25, 0.3) is 0 Å². The van der Waals surface area contributed by atoms with E-state index in [4.69, 9.17) is 0 Å². The van der Waals surface area contributed by atoms with E-state index >= 15 is 0 Å². The zero-order chi connectivity index (χ0) is 14.4. The van der Waals surface area contributed by atoms with E-state index in [-0.39, 0.29) is 0 Å². The molecule has 0 saturated heterocycles. The second-order valence-corrected chi connectivity index (χ2v) is 5.00. The molecule has 0 fully saturated rings. The molecule has 0 bridgehead atoms. The lowest BCUT2D eigenvalue weighted by atomic mass is 9.89. The van der Waals surface area contributed by atoms with Crippen LogP contribution in [0.15, 0.2) is 73.3 Å². The average molecular weight is 265 g/mol. The van der Waals surface area contributed by atoms with E-state index in [2.05, 4.69) is 6.58 Å². The molecular weight excluding hydrogens is 246 g/mol. The second kappa shape index (κ2) is 6.20. The predicted molar refractivity (Wildman–Crippen MR) is 83.8 cm³/mol. The largest absolute Gasteiger partial charge is 0.623 e. The normalized spacial score (nSPS) is 14.6. The van der Waals surface area contributed by atoms with Crippen molar-refractivity contribution in [3.8, 4) is 0 Å². The van der Waals surface area contributed by atoms with Crippen molar-refractivity contribution in [2.24, 2.45) is 0 Å². The van der Waals surface area contributed by atoms with Crippen molar-refractivity contribution >= 4 is 6.21 Å². The standard InChI is InChI=1S/C18H19NO/c1-3-14-18(2,17-12-8-5-9-13-17)19(20)15-16-10-6-4-7-11-16/h3-13,15H,1,14H2,2H3/b19-15-/t18-/m0/s1. The Morgan fingerprint density at radius 3 is 2.15 bits per heavy atom. The first-order valence-electron chi connectivity index (χ1n) is 6.69. The Bertz CT molecular complexity index is 589. The zero-order valence-corrected chi connectivity index (χ0v) is 11.7. The molecule has 102 valence electrons. The Hall–Kier alpha value is -2.35. The first-order chi connectivity index (χ1) is 9.66. The monoisotopic (exact) mass is 265 g/mol. The number of nitrogens with zero attached hydrogens (tertiary/aromatic N) is 1. The molecule has 0 aliphatic rings. The average Bonchev–Trinajstić information content (AvgIpc) is 2.49. The fraction of sp³-hybridized carbons (Fsp3) is 0.167. The Balaban J connectivity index is 2.43. The van der Waals surface area contributed by atoms with Crippen LogP contribution in [0.3, 0.4) is 0 Å². The SMILES string of the molecule is C=CC[C@@](C)(c1ccccc1)/[N+]([O-])=C/c1ccccc1. The van der Waals surface area contributed by atoms with Crippen LogP contribution in [0, 0.1) is 5.21 Å². The number of hydroxylamine groups is 1. The maximum atomic E-state index is 12.6. The van der Waals surface area contributed by atoms with Gasteiger partial charge in [0.1, 0.15) is 0 Å². The minimum atomic E-state index is -0.640. The van der Waals surface area contributed by atoms with E-state index in [0.717, 1.165) is 15.9 Å². The van der Waals surface area contributed by atoms with Crippen LogP contribution < -0.4 is 0 Å². The van der Waals surface area contributed by atoms with Crippen LogP contribution in [0.4, 0.5) is 0 Å². The molecular formula is C18H19NO. The van der Waals surface area contributed by atoms with E-state index in [0.29, 0.717) is 6.42 Å². The van der Waals surface area contributed by atoms with Gasteiger partial charge in [-0.05, 0) is 12.1 Å². The van der Waals surface area contributed by atoms with Gasteiger partial charge in [-0.1, -0.05) is 54.6 Å². The van der Waals surface area contributed by atoms with Gasteiger partial charge < -0.3 is 5.21 Å². The molecule has 0 saturated carbocycles. The lowest BCUT2D eigenvalue weighted by molar-refractivity contribution is -0.549. The third-order valence-electron chi connectivity index (χ3n) is 3.49. The quantitative estimate of drug-likeness (QED) is 0.263. The zero-order valence-electron chi connectivity index (χ0n) is 11.7. The van der Waals surface area contributed by atoms with Gasteiger partial charge in [0.15, 0.2) is 11.8 Å². The lowest BCUT2D eigenvalue weighted by Gasteiger charge is -2.27. The topological polar surface area (TPSA) is 26.1 Å². The van der Waals surface area contributed by atoms with Crippen molar-refractivity contribution in [2.75, 3.05) is 0 Å². The molecule has 2 aromatic rings. The van der Waals surface area contributed by atoms with Crippen molar-refractivity contribution in [2.45, 2.75) is 18.9 Å². The summed E-state index contributed by atoms with van der Waals surface area (Å²) in [5, 5.41) is 12.6. The number of rotatable bonds is 5. The summed E-state index contributed by atoms with van der Waals surface area (Å²) < 4.78 is 1.03. The molecule has 2 aromatic carbocycles. The minimum absolute atomic E-state index is 0.587. The van der Waals surface area contributed by atoms with Gasteiger partial charge in [-0.25, -0.2) is 4.74 Å². The summed E-state index contributed by atoms with van der Waals surface area (Å²) in [6, 6.07) is 19.4. The molecule has 0 aromatic heterocycles. The van der Waals surface area contributed by atoms with Gasteiger partial charge in [0.2, 0.25) is 0 Å². The van der Waals surface area contributed by atoms with Crippen LogP contribution in [-0.4, -0.2) is 11.0 Å². The predicted octanol–water partition coefficient (Wildman–Crippen LogP) is 4.11. The highest BCUT2D eigenvalue weighted by Gasteiger charge is 2.33. The van der Waals surface area contributed by atoms with Gasteiger partial charge in [-0.3, -0.25) is 0 Å². The van der Waals surface area contributed by atoms with Gasteiger partial charge in [0.25, 0.3) is 0 Å². The maximum Gasteiger partial charge on any atom is 0.198 e. The molecule has 20 heavy (non-hydrogen) atoms. The minimum Gasteiger partial charge on any atom is -0.623 e. The third kappa shape index (κ3) is 2.97. The molecule has 0 N–H and O–H groups in total. The van der Waals surface area contributed by atoms with Crippen LogP contribution in [-0.2, 0) is 5.54 Å². The fourth-order valence-corrected chi connectivity index (χ4v) is 2.23. The van der Waals surface area contributed by atoms with E-state index in [1.807, 2.05) is 67.6 Å². The van der Waals surface area contributed by atoms with E-state index in [9.17, 15) is 5.21 Å². The van der Waals surface area contributed by atoms with E-state index in [1.54, 1.807) is 12.3 Å². The van der Waals surface area contributed by atoms with E-state index in [1.165, 1.54) is 0 Å². The van der Waals surface area contributed by atoms with Gasteiger partial charge >= 0.3 is 0 Å². The summed E-state index contributed by atoms with van der Waals surface area (Å²) in [5.74, 6) is 0. The fourth-order valence-electron chi connectivity index (χ4n) is 2.23. The van der Waals surface area contributed by atoms with Crippen LogP contribution in [0.5, 0.6) is 0 Å². The second-order valence-electron chi connectivity index (χ2n) is 5.00. The summed E-state index contributed by atoms with van der Waals surface area (Å²) in [7, 11) is 0. The van der Waals surface area contributed by atoms with Crippen LogP contribution in [0.1, 0.15) is 24.5 Å². The Labute approximate surface area is 120 Å². The molecule has 0 aliphatic carbocycles. The summed E-state index contributed by atoms with van der Waals surface area (Å²) in [5.41, 5.74) is 1.24. The first kappa shape index (κ1) is 14.1. The van der Waals surface area contributed by atoms with Crippen molar-refractivity contribution in [1.82, 2.24) is 0 Å². The smallest absolute Gasteiger partial charge is 0.198 e. The van der Waals surface area contributed by atoms with Gasteiger partial charge in [-0.15, -0.1) is 6.58 Å². The van der Waals surface area contributed by atoms with Gasteiger partial charge in [0.05, 0.1) is 0 Å². The summed E-state index contributed by atoms with van der Waals surface area (Å²) in [6.07, 6.45) is 4.01. The number of hydrogen-bond donors (Lipinski definition) is 0. The van der Waals surface area contributed by atoms with Crippen LogP contribution in [0.2, 0.25) is 0 Å². The van der Waals surface area contributed by atoms with E-state index < -0.39 is 5.54 Å². The van der Waals surface area contributed by atoms with Crippen molar-refractivity contribution < 1.29 is 4.74 Å². The van der Waals surface area contributed by atoms with Gasteiger partial charge in [-0.2, -0.15) is 0 Å². The maximum absolute atomic E-state index is 12.6. The molecule has 1 atom stereocenters. The molecule has 2 heteroatoms. The molecule has 0 spiro atoms. The van der Waals surface area contributed by atoms with Crippen molar-refractivity contribution in [3.63, 3.8) is 0 Å². The Morgan fingerprint density at radius 1 is 1.05 bits per heavy atom. The van der Waals surface area contributed by atoms with Crippen molar-refractivity contribution in [3.05, 3.63) is 89.7 Å². The molecule has 0 aliphatic heterocycles. The lowest BCUT2D eigenvalue weighted by Crippen LogP contribution is -2.33. The van der Waals surface area contributed by atoms with Crippen LogP contribution >= 0.6 is 0 Å². The molecule has 2 rings (SSSR count). The summed E-state index contributed by atoms with van der Waals surface area (Å²) in [4.78, 5) is 0.